The van der Waals surface area contributed by atoms with Gasteiger partial charge in [-0.15, -0.1) is 0 Å². The van der Waals surface area contributed by atoms with Crippen LogP contribution < -0.4 is 0 Å². The monoisotopic (exact) mass is 115 g/mol. The van der Waals surface area contributed by atoms with Crippen molar-refractivity contribution in [2.24, 2.45) is 0 Å². The van der Waals surface area contributed by atoms with Crippen LogP contribution in [-0.4, -0.2) is 19.7 Å². The highest BCUT2D eigenvalue weighted by molar-refractivity contribution is 5.83. The van der Waals surface area contributed by atoms with Gasteiger partial charge in [0.1, 0.15) is 0 Å². The molecule has 0 N–H and O–H groups in total. The van der Waals surface area contributed by atoms with E-state index >= 15 is 0 Å². The maximum absolute atomic E-state index is 10.4. The van der Waals surface area contributed by atoms with Gasteiger partial charge in [-0.05, 0) is 0 Å². The third-order valence-electron chi connectivity index (χ3n) is 1.02. The lowest BCUT2D eigenvalue weighted by atomic mass is 10.2. The number of ether oxygens (including phenoxy) is 2. The zero-order valence-electron chi connectivity index (χ0n) is 4.64. The fraction of sp³-hybridized carbons (Fsp3) is 0.600. The number of carbonyl (C=O) groups is 1. The summed E-state index contributed by atoms with van der Waals surface area (Å²) in [7, 11) is 1.34. The average Bonchev–Trinajstić information content (AvgIpc) is 1.62. The molecule has 1 rings (SSSR count). The third kappa shape index (κ3) is 0.816. The summed E-state index contributed by atoms with van der Waals surface area (Å²) in [4.78, 5) is 10.4. The van der Waals surface area contributed by atoms with E-state index in [0.717, 1.165) is 6.42 Å². The second-order valence-electron chi connectivity index (χ2n) is 1.51. The smallest absolute Gasteiger partial charge is 0.341 e. The molecule has 1 radical (unpaired) electrons. The highest BCUT2D eigenvalue weighted by atomic mass is 16.6. The number of rotatable bonds is 1. The van der Waals surface area contributed by atoms with Gasteiger partial charge in [-0.1, -0.05) is 0 Å². The molecule has 1 aliphatic rings. The van der Waals surface area contributed by atoms with Gasteiger partial charge >= 0.3 is 5.97 Å². The van der Waals surface area contributed by atoms with Gasteiger partial charge < -0.3 is 9.47 Å². The SMILES string of the molecule is COC(=O)[C]1CCO1. The van der Waals surface area contributed by atoms with Gasteiger partial charge in [-0.3, -0.25) is 0 Å². The molecule has 1 fully saturated rings. The molecular formula is C5H7O3. The van der Waals surface area contributed by atoms with Gasteiger partial charge in [0.25, 0.3) is 0 Å². The predicted octanol–water partition coefficient (Wildman–Crippen LogP) is 0.112. The fourth-order valence-corrected chi connectivity index (χ4v) is 0.479. The lowest BCUT2D eigenvalue weighted by Crippen LogP contribution is -2.27. The largest absolute Gasteiger partial charge is 0.467 e. The second kappa shape index (κ2) is 2.13. The van der Waals surface area contributed by atoms with E-state index in [2.05, 4.69) is 4.74 Å². The Balaban J connectivity index is 2.24. The Labute approximate surface area is 47.6 Å². The first-order chi connectivity index (χ1) is 3.84. The zero-order valence-corrected chi connectivity index (χ0v) is 4.64. The maximum atomic E-state index is 10.4. The molecule has 3 heteroatoms. The molecule has 0 spiro atoms. The molecule has 0 atom stereocenters. The van der Waals surface area contributed by atoms with Gasteiger partial charge in [0.2, 0.25) is 6.10 Å². The van der Waals surface area contributed by atoms with Crippen molar-refractivity contribution in [3.05, 3.63) is 6.10 Å². The molecule has 0 aromatic heterocycles. The number of carbonyl (C=O) groups excluding carboxylic acids is 1. The summed E-state index contributed by atoms with van der Waals surface area (Å²) in [5.74, 6) is -0.337. The van der Waals surface area contributed by atoms with Crippen molar-refractivity contribution in [1.29, 1.82) is 0 Å². The van der Waals surface area contributed by atoms with E-state index in [4.69, 9.17) is 4.74 Å². The van der Waals surface area contributed by atoms with Gasteiger partial charge in [0.15, 0.2) is 0 Å². The summed E-state index contributed by atoms with van der Waals surface area (Å²) < 4.78 is 9.08. The van der Waals surface area contributed by atoms with Gasteiger partial charge in [-0.25, -0.2) is 4.79 Å². The molecule has 0 amide bonds. The average molecular weight is 115 g/mol. The number of methoxy groups -OCH3 is 1. The third-order valence-corrected chi connectivity index (χ3v) is 1.02. The summed E-state index contributed by atoms with van der Waals surface area (Å²) in [5.41, 5.74) is 0. The van der Waals surface area contributed by atoms with Crippen LogP contribution in [-0.2, 0) is 14.3 Å². The molecule has 0 saturated carbocycles. The first-order valence-corrected chi connectivity index (χ1v) is 2.41. The number of hydrogen-bond acceptors (Lipinski definition) is 3. The van der Waals surface area contributed by atoms with Crippen LogP contribution >= 0.6 is 0 Å². The lowest BCUT2D eigenvalue weighted by Gasteiger charge is -2.21. The minimum absolute atomic E-state index is 0.337. The van der Waals surface area contributed by atoms with Crippen molar-refractivity contribution in [3.8, 4) is 0 Å². The van der Waals surface area contributed by atoms with E-state index in [-0.39, 0.29) is 5.97 Å². The summed E-state index contributed by atoms with van der Waals surface area (Å²) in [6.45, 7) is 0.657. The molecule has 0 unspecified atom stereocenters. The lowest BCUT2D eigenvalue weighted by molar-refractivity contribution is -0.150. The molecule has 0 bridgehead atoms. The highest BCUT2D eigenvalue weighted by Gasteiger charge is 2.28. The first kappa shape index (κ1) is 5.56. The molecule has 0 aromatic carbocycles. The van der Waals surface area contributed by atoms with E-state index < -0.39 is 0 Å². The van der Waals surface area contributed by atoms with Crippen LogP contribution in [0.5, 0.6) is 0 Å². The molecule has 45 valence electrons. The van der Waals surface area contributed by atoms with Crippen molar-refractivity contribution in [3.63, 3.8) is 0 Å². The van der Waals surface area contributed by atoms with E-state index in [9.17, 15) is 4.79 Å². The van der Waals surface area contributed by atoms with E-state index in [1.807, 2.05) is 0 Å². The Bertz CT molecular complexity index is 95.8. The molecule has 1 heterocycles. The molecule has 1 saturated heterocycles. The Hall–Kier alpha value is -0.570. The predicted molar refractivity (Wildman–Crippen MR) is 25.8 cm³/mol. The van der Waals surface area contributed by atoms with Crippen LogP contribution in [0.15, 0.2) is 0 Å². The Morgan fingerprint density at radius 3 is 2.62 bits per heavy atom. The Morgan fingerprint density at radius 1 is 1.88 bits per heavy atom. The summed E-state index contributed by atoms with van der Waals surface area (Å²) in [6, 6.07) is 0. The minimum atomic E-state index is -0.337. The maximum Gasteiger partial charge on any atom is 0.341 e. The van der Waals surface area contributed by atoms with Crippen LogP contribution in [0.2, 0.25) is 0 Å². The van der Waals surface area contributed by atoms with Crippen molar-refractivity contribution in [2.75, 3.05) is 13.7 Å². The molecular weight excluding hydrogens is 108 g/mol. The van der Waals surface area contributed by atoms with Gasteiger partial charge in [0.05, 0.1) is 13.7 Å². The van der Waals surface area contributed by atoms with Gasteiger partial charge in [-0.2, -0.15) is 0 Å². The van der Waals surface area contributed by atoms with Crippen molar-refractivity contribution >= 4 is 5.97 Å². The quantitative estimate of drug-likeness (QED) is 0.455. The highest BCUT2D eigenvalue weighted by Crippen LogP contribution is 2.19. The van der Waals surface area contributed by atoms with Crippen LogP contribution in [0, 0.1) is 6.10 Å². The first-order valence-electron chi connectivity index (χ1n) is 2.41. The van der Waals surface area contributed by atoms with E-state index in [1.54, 1.807) is 0 Å². The van der Waals surface area contributed by atoms with Crippen LogP contribution in [0.4, 0.5) is 0 Å². The second-order valence-corrected chi connectivity index (χ2v) is 1.51. The van der Waals surface area contributed by atoms with Crippen molar-refractivity contribution in [2.45, 2.75) is 6.42 Å². The zero-order chi connectivity index (χ0) is 5.98. The minimum Gasteiger partial charge on any atom is -0.467 e. The Kier molecular flexibility index (Phi) is 1.48. The molecule has 1 aliphatic heterocycles. The summed E-state index contributed by atoms with van der Waals surface area (Å²) >= 11 is 0. The molecule has 0 aromatic rings. The van der Waals surface area contributed by atoms with Crippen LogP contribution in [0.3, 0.4) is 0 Å². The van der Waals surface area contributed by atoms with Crippen LogP contribution in [0.25, 0.3) is 0 Å². The standard InChI is InChI=1S/C5H7O3/c1-7-5(6)4-2-3-8-4/h2-3H2,1H3. The Morgan fingerprint density at radius 2 is 2.50 bits per heavy atom. The van der Waals surface area contributed by atoms with Gasteiger partial charge in [0, 0.05) is 6.42 Å². The van der Waals surface area contributed by atoms with Crippen LogP contribution in [0.1, 0.15) is 6.42 Å². The van der Waals surface area contributed by atoms with Crippen molar-refractivity contribution < 1.29 is 14.3 Å². The van der Waals surface area contributed by atoms with E-state index in [1.165, 1.54) is 7.11 Å². The summed E-state index contributed by atoms with van der Waals surface area (Å²) in [6.07, 6.45) is 1.18. The molecule has 0 aliphatic carbocycles. The fourth-order valence-electron chi connectivity index (χ4n) is 0.479. The number of hydrogen-bond donors (Lipinski definition) is 0. The molecule has 8 heavy (non-hydrogen) atoms. The molecule has 3 nitrogen and oxygen atoms in total. The summed E-state index contributed by atoms with van der Waals surface area (Å²) in [5, 5.41) is 0. The van der Waals surface area contributed by atoms with Crippen molar-refractivity contribution in [1.82, 2.24) is 0 Å². The van der Waals surface area contributed by atoms with E-state index in [0.29, 0.717) is 12.7 Å². The topological polar surface area (TPSA) is 35.5 Å². The number of esters is 1. The normalized spacial score (nSPS) is 19.6.